The molecule has 0 aliphatic carbocycles. The third-order valence-corrected chi connectivity index (χ3v) is 9.39. The molecule has 2 aliphatic rings. The van der Waals surface area contributed by atoms with Crippen LogP contribution < -0.4 is 9.97 Å². The predicted molar refractivity (Wildman–Crippen MR) is 209 cm³/mol. The molecule has 2 aliphatic heterocycles. The molecule has 0 radical (unpaired) electrons. The van der Waals surface area contributed by atoms with Crippen molar-refractivity contribution in [1.82, 2.24) is 19.9 Å². The van der Waals surface area contributed by atoms with Crippen LogP contribution in [0.3, 0.4) is 0 Å². The average Bonchev–Trinajstić information content (AvgIpc) is 4.03. The zero-order valence-corrected chi connectivity index (χ0v) is 29.1. The van der Waals surface area contributed by atoms with Gasteiger partial charge >= 0.3 is 16.5 Å². The molecule has 254 valence electrons. The summed E-state index contributed by atoms with van der Waals surface area (Å²) in [6.07, 6.45) is 7.46. The molecule has 6 nitrogen and oxygen atoms in total. The number of carbonyl (C=O) groups is 2. The van der Waals surface area contributed by atoms with E-state index in [1.807, 2.05) is 140 Å². The Morgan fingerprint density at radius 2 is 0.925 bits per heavy atom. The monoisotopic (exact) mass is 726 g/mol. The largest absolute Gasteiger partial charge is 2.00 e. The van der Waals surface area contributed by atoms with Gasteiger partial charge < -0.3 is 9.97 Å². The molecule has 0 fully saturated rings. The molecule has 0 saturated heterocycles. The van der Waals surface area contributed by atoms with Gasteiger partial charge in [0.2, 0.25) is 0 Å². The van der Waals surface area contributed by atoms with Crippen molar-refractivity contribution in [3.63, 3.8) is 0 Å². The molecule has 8 bridgehead atoms. The fourth-order valence-electron chi connectivity index (χ4n) is 7.07. The first-order valence-corrected chi connectivity index (χ1v) is 17.0. The van der Waals surface area contributed by atoms with Crippen molar-refractivity contribution in [2.75, 3.05) is 0 Å². The van der Waals surface area contributed by atoms with Gasteiger partial charge in [0.1, 0.15) is 6.29 Å². The third-order valence-electron chi connectivity index (χ3n) is 9.39. The van der Waals surface area contributed by atoms with Crippen molar-refractivity contribution in [3.05, 3.63) is 168 Å². The summed E-state index contributed by atoms with van der Waals surface area (Å²) in [5.74, 6) is 0. The predicted octanol–water partition coefficient (Wildman–Crippen LogP) is 9.96. The van der Waals surface area contributed by atoms with Gasteiger partial charge in [-0.25, -0.2) is 9.97 Å². The van der Waals surface area contributed by atoms with Gasteiger partial charge in [0.05, 0.1) is 22.8 Å². The Kier molecular flexibility index (Phi) is 8.93. The number of aromatic nitrogens is 4. The van der Waals surface area contributed by atoms with Crippen molar-refractivity contribution in [2.45, 2.75) is 0 Å². The molecule has 7 aromatic rings. The molecule has 7 heteroatoms. The minimum atomic E-state index is 0. The summed E-state index contributed by atoms with van der Waals surface area (Å²) in [5.41, 5.74) is 12.3. The van der Waals surface area contributed by atoms with E-state index in [4.69, 9.17) is 19.9 Å². The third kappa shape index (κ3) is 5.97. The van der Waals surface area contributed by atoms with Crippen LogP contribution in [0.15, 0.2) is 140 Å². The summed E-state index contributed by atoms with van der Waals surface area (Å²) in [6.45, 7) is 0. The number of nitrogens with zero attached hydrogens (tertiary/aromatic N) is 4. The van der Waals surface area contributed by atoms with E-state index < -0.39 is 0 Å². The standard InChI is InChI=1S/C46H29N4O2.Ni/c51-27-33-25-39-42(30-15-7-2-8-16-30)37-22-21-35(47-37)41(29-13-5-1-6-14-29)36-23-24-38(48-36)43(31-17-9-3-10-18-31)45-34(28-52)26-40(50-45)44(46(33)49-39)32-19-11-4-12-20-32;/h1-28H,(H-,47,48,49,50,51,52);/q-1;+2/p-1. The van der Waals surface area contributed by atoms with Gasteiger partial charge in [-0.15, -0.1) is 22.1 Å². The first kappa shape index (κ1) is 33.5. The van der Waals surface area contributed by atoms with Gasteiger partial charge in [-0.3, -0.25) is 9.59 Å². The number of allylic oxidation sites excluding steroid dienone is 1. The van der Waals surface area contributed by atoms with E-state index in [2.05, 4.69) is 12.1 Å². The Balaban J connectivity index is 0.00000400. The van der Waals surface area contributed by atoms with E-state index in [1.54, 1.807) is 6.07 Å². The summed E-state index contributed by atoms with van der Waals surface area (Å²) >= 11 is 0. The van der Waals surface area contributed by atoms with Crippen LogP contribution >= 0.6 is 0 Å². The van der Waals surface area contributed by atoms with E-state index >= 15 is 0 Å². The molecule has 53 heavy (non-hydrogen) atoms. The minimum Gasteiger partial charge on any atom is -0.657 e. The van der Waals surface area contributed by atoms with E-state index in [1.165, 1.54) is 0 Å². The molecule has 0 amide bonds. The van der Waals surface area contributed by atoms with Crippen molar-refractivity contribution in [1.29, 1.82) is 0 Å². The summed E-state index contributed by atoms with van der Waals surface area (Å²) in [6, 6.07) is 45.5. The fourth-order valence-corrected chi connectivity index (χ4v) is 7.07. The van der Waals surface area contributed by atoms with Gasteiger partial charge in [0, 0.05) is 5.57 Å². The number of aldehydes is 2. The second-order valence-electron chi connectivity index (χ2n) is 12.5. The molecule has 0 saturated carbocycles. The maximum Gasteiger partial charge on any atom is 2.00 e. The molecular weight excluding hydrogens is 699 g/mol. The van der Waals surface area contributed by atoms with Gasteiger partial charge in [0.15, 0.2) is 6.29 Å². The van der Waals surface area contributed by atoms with E-state index in [-0.39, 0.29) is 16.5 Å². The van der Waals surface area contributed by atoms with Gasteiger partial charge in [-0.1, -0.05) is 140 Å². The molecular formula is C46H28N4NiO2. The number of carbonyl (C=O) groups excluding carboxylic acids is 2. The molecule has 9 rings (SSSR count). The Labute approximate surface area is 315 Å². The first-order chi connectivity index (χ1) is 25.7. The molecule has 5 heterocycles. The van der Waals surface area contributed by atoms with Crippen molar-refractivity contribution in [3.8, 4) is 44.5 Å². The van der Waals surface area contributed by atoms with Crippen LogP contribution in [0.1, 0.15) is 33.1 Å². The zero-order valence-electron chi connectivity index (χ0n) is 28.1. The Bertz CT molecular complexity index is 2750. The molecule has 0 N–H and O–H groups in total. The summed E-state index contributed by atoms with van der Waals surface area (Å²) in [5, 5.41) is 0. The van der Waals surface area contributed by atoms with Crippen molar-refractivity contribution in [2.24, 2.45) is 0 Å². The zero-order chi connectivity index (χ0) is 35.0. The van der Waals surface area contributed by atoms with Crippen molar-refractivity contribution >= 4 is 58.4 Å². The Morgan fingerprint density at radius 1 is 0.453 bits per heavy atom. The van der Waals surface area contributed by atoms with Crippen LogP contribution in [0, 0.1) is 0 Å². The normalized spacial score (nSPS) is 11.8. The Morgan fingerprint density at radius 3 is 1.43 bits per heavy atom. The maximum atomic E-state index is 12.9. The van der Waals surface area contributed by atoms with Crippen LogP contribution in [-0.4, -0.2) is 22.5 Å². The quantitative estimate of drug-likeness (QED) is 0.125. The molecule has 0 unspecified atom stereocenters. The van der Waals surface area contributed by atoms with Crippen LogP contribution in [0.5, 0.6) is 0 Å². The smallest absolute Gasteiger partial charge is 0.657 e. The van der Waals surface area contributed by atoms with Crippen LogP contribution in [0.25, 0.3) is 90.4 Å². The number of hydrogen-bond donors (Lipinski definition) is 0. The molecule has 0 spiro atoms. The second-order valence-corrected chi connectivity index (χ2v) is 12.5. The summed E-state index contributed by atoms with van der Waals surface area (Å²) < 4.78 is 0. The first-order valence-electron chi connectivity index (χ1n) is 17.0. The van der Waals surface area contributed by atoms with Gasteiger partial charge in [0.25, 0.3) is 0 Å². The number of fused-ring (bicyclic) bond motifs is 8. The average molecular weight is 727 g/mol. The van der Waals surface area contributed by atoms with E-state index in [0.717, 1.165) is 62.7 Å². The topological polar surface area (TPSA) is 88.1 Å². The van der Waals surface area contributed by atoms with E-state index in [9.17, 15) is 9.59 Å². The number of rotatable bonds is 6. The van der Waals surface area contributed by atoms with Crippen molar-refractivity contribution < 1.29 is 26.1 Å². The number of benzene rings is 4. The Hall–Kier alpha value is -6.69. The van der Waals surface area contributed by atoms with E-state index in [0.29, 0.717) is 50.3 Å². The summed E-state index contributed by atoms with van der Waals surface area (Å²) in [7, 11) is 0. The maximum absolute atomic E-state index is 12.9. The number of hydrogen-bond acceptors (Lipinski definition) is 4. The van der Waals surface area contributed by atoms with Crippen LogP contribution in [-0.2, 0) is 21.3 Å². The SMILES string of the molecule is O=CC1=Cc2nc1c(-c1ccccc1)c1cc(C=O)c([n-]1)c(-c1ccccc1)c1nc(c(-c3ccccc3)c3ccc([n-]3)c2-c2ccccc2)C=C1.[Ni+2]. The van der Waals surface area contributed by atoms with Gasteiger partial charge in [-0.2, -0.15) is 0 Å². The van der Waals surface area contributed by atoms with Crippen LogP contribution in [0.2, 0.25) is 0 Å². The van der Waals surface area contributed by atoms with Crippen LogP contribution in [0.4, 0.5) is 0 Å². The molecule has 3 aromatic heterocycles. The van der Waals surface area contributed by atoms with Gasteiger partial charge in [-0.05, 0) is 68.3 Å². The second kappa shape index (κ2) is 14.1. The minimum absolute atomic E-state index is 0. The molecule has 0 atom stereocenters. The fraction of sp³-hybridized carbons (Fsp3) is 0. The summed E-state index contributed by atoms with van der Waals surface area (Å²) in [4.78, 5) is 46.8. The molecule has 4 aromatic carbocycles.